The van der Waals surface area contributed by atoms with E-state index in [0.29, 0.717) is 26.9 Å². The Labute approximate surface area is 177 Å². The average Bonchev–Trinajstić information content (AvgIpc) is 3.40. The maximum absolute atomic E-state index is 8.83. The molecule has 6 aromatic rings. The number of aryl methyl sites for hydroxylation is 1. The number of ether oxygens (including phenoxy) is 1. The third-order valence-electron chi connectivity index (χ3n) is 5.08. The van der Waals surface area contributed by atoms with Crippen LogP contribution in [0.15, 0.2) is 36.4 Å². The quantitative estimate of drug-likeness (QED) is 0.431. The van der Waals surface area contributed by atoms with Crippen LogP contribution in [0.3, 0.4) is 0 Å². The Kier molecular flexibility index (Phi) is 3.47. The van der Waals surface area contributed by atoms with Crippen molar-refractivity contribution in [2.75, 3.05) is 12.8 Å². The Hall–Kier alpha value is -3.50. The highest BCUT2D eigenvalue weighted by atomic mass is 32.1. The lowest BCUT2D eigenvalue weighted by Gasteiger charge is -2.00. The summed E-state index contributed by atoms with van der Waals surface area (Å²) < 4.78 is 10.8. The SMILES string of the molecule is COc1ccc2c(c1)sc1nc3nn(-c4nc5ccc(C)cc5s4)c(N)c3c(=N)n12. The van der Waals surface area contributed by atoms with Crippen LogP contribution in [-0.2, 0) is 0 Å². The van der Waals surface area contributed by atoms with Gasteiger partial charge in [-0.05, 0) is 42.8 Å². The second-order valence-electron chi connectivity index (χ2n) is 6.98. The molecule has 30 heavy (non-hydrogen) atoms. The van der Waals surface area contributed by atoms with Crippen LogP contribution in [0.4, 0.5) is 5.82 Å². The predicted molar refractivity (Wildman–Crippen MR) is 120 cm³/mol. The third kappa shape index (κ3) is 2.31. The van der Waals surface area contributed by atoms with Gasteiger partial charge in [-0.2, -0.15) is 9.67 Å². The number of hydrogen-bond acceptors (Lipinski definition) is 8. The molecule has 0 amide bonds. The summed E-state index contributed by atoms with van der Waals surface area (Å²) in [6.45, 7) is 2.05. The molecule has 0 radical (unpaired) electrons. The summed E-state index contributed by atoms with van der Waals surface area (Å²) in [4.78, 5) is 10.0. The van der Waals surface area contributed by atoms with E-state index in [1.165, 1.54) is 28.2 Å². The van der Waals surface area contributed by atoms with Crippen LogP contribution in [0.5, 0.6) is 5.75 Å². The average molecular weight is 434 g/mol. The van der Waals surface area contributed by atoms with Gasteiger partial charge in [0.05, 0.1) is 27.5 Å². The molecule has 4 aromatic heterocycles. The van der Waals surface area contributed by atoms with Crippen LogP contribution < -0.4 is 16.0 Å². The summed E-state index contributed by atoms with van der Waals surface area (Å²) in [6.07, 6.45) is 0. The number of thiazole rings is 2. The minimum absolute atomic E-state index is 0.257. The zero-order chi connectivity index (χ0) is 20.6. The maximum atomic E-state index is 8.83. The molecule has 6 rings (SSSR count). The fourth-order valence-corrected chi connectivity index (χ4v) is 5.68. The number of aromatic nitrogens is 5. The van der Waals surface area contributed by atoms with Crippen molar-refractivity contribution < 1.29 is 4.74 Å². The maximum Gasteiger partial charge on any atom is 0.213 e. The lowest BCUT2D eigenvalue weighted by atomic mass is 10.2. The summed E-state index contributed by atoms with van der Waals surface area (Å²) in [5.41, 5.74) is 10.1. The van der Waals surface area contributed by atoms with Crippen molar-refractivity contribution in [2.45, 2.75) is 6.92 Å². The molecule has 10 heteroatoms. The first-order valence-corrected chi connectivity index (χ1v) is 10.8. The second-order valence-corrected chi connectivity index (χ2v) is 9.00. The number of anilines is 1. The number of methoxy groups -OCH3 is 1. The molecule has 0 atom stereocenters. The van der Waals surface area contributed by atoms with Gasteiger partial charge in [0.25, 0.3) is 0 Å². The number of hydrogen-bond donors (Lipinski definition) is 2. The monoisotopic (exact) mass is 433 g/mol. The van der Waals surface area contributed by atoms with E-state index in [-0.39, 0.29) is 5.49 Å². The van der Waals surface area contributed by atoms with Crippen molar-refractivity contribution in [1.82, 2.24) is 24.1 Å². The fourth-order valence-electron chi connectivity index (χ4n) is 3.61. The van der Waals surface area contributed by atoms with Crippen molar-refractivity contribution in [1.29, 1.82) is 5.41 Å². The van der Waals surface area contributed by atoms with Gasteiger partial charge in [0.2, 0.25) is 5.13 Å². The van der Waals surface area contributed by atoms with Gasteiger partial charge in [-0.1, -0.05) is 28.7 Å². The van der Waals surface area contributed by atoms with Gasteiger partial charge < -0.3 is 10.5 Å². The van der Waals surface area contributed by atoms with Gasteiger partial charge in [0.15, 0.2) is 10.6 Å². The van der Waals surface area contributed by atoms with Gasteiger partial charge in [0.1, 0.15) is 22.4 Å². The van der Waals surface area contributed by atoms with E-state index in [1.54, 1.807) is 16.2 Å². The first kappa shape index (κ1) is 17.4. The zero-order valence-corrected chi connectivity index (χ0v) is 17.6. The van der Waals surface area contributed by atoms with Crippen LogP contribution in [-0.4, -0.2) is 31.3 Å². The topological polar surface area (TPSA) is 107 Å². The van der Waals surface area contributed by atoms with Crippen molar-refractivity contribution in [3.63, 3.8) is 0 Å². The lowest BCUT2D eigenvalue weighted by molar-refractivity contribution is 0.415. The Bertz CT molecular complexity index is 1690. The van der Waals surface area contributed by atoms with Crippen LogP contribution in [0.25, 0.3) is 41.6 Å². The Morgan fingerprint density at radius 3 is 2.77 bits per heavy atom. The third-order valence-corrected chi connectivity index (χ3v) is 7.08. The molecule has 148 valence electrons. The van der Waals surface area contributed by atoms with Crippen LogP contribution in [0.1, 0.15) is 5.56 Å². The molecule has 0 aliphatic rings. The summed E-state index contributed by atoms with van der Waals surface area (Å²) in [7, 11) is 1.64. The smallest absolute Gasteiger partial charge is 0.213 e. The largest absolute Gasteiger partial charge is 0.497 e. The normalized spacial score (nSPS) is 11.9. The first-order chi connectivity index (χ1) is 14.5. The molecule has 8 nitrogen and oxygen atoms in total. The van der Waals surface area contributed by atoms with Gasteiger partial charge in [-0.25, -0.2) is 4.98 Å². The van der Waals surface area contributed by atoms with E-state index in [1.807, 2.05) is 30.3 Å². The standard InChI is InChI=1S/C20H15N7OS2/c1-9-3-5-11-13(7-9)29-20(23-11)27-17(22)15-16(21)26-12-6-4-10(28-2)8-14(12)30-19(26)24-18(15)25-27/h3-8,21H,22H2,1-2H3. The highest BCUT2D eigenvalue weighted by molar-refractivity contribution is 7.23. The van der Waals surface area contributed by atoms with Gasteiger partial charge in [0, 0.05) is 0 Å². The molecule has 0 fully saturated rings. The Balaban J connectivity index is 1.64. The van der Waals surface area contributed by atoms with Crippen molar-refractivity contribution >= 4 is 64.9 Å². The fraction of sp³-hybridized carbons (Fsp3) is 0.100. The number of fused-ring (bicyclic) bond motifs is 5. The van der Waals surface area contributed by atoms with Crippen LogP contribution >= 0.6 is 22.7 Å². The molecule has 0 unspecified atom stereocenters. The molecule has 0 aliphatic carbocycles. The second kappa shape index (κ2) is 6.00. The predicted octanol–water partition coefficient (Wildman–Crippen LogP) is 3.88. The van der Waals surface area contributed by atoms with E-state index in [0.717, 1.165) is 26.2 Å². The van der Waals surface area contributed by atoms with E-state index in [9.17, 15) is 0 Å². The molecule has 2 aromatic carbocycles. The molecule has 0 spiro atoms. The summed E-state index contributed by atoms with van der Waals surface area (Å²) in [6, 6.07) is 11.9. The van der Waals surface area contributed by atoms with E-state index < -0.39 is 0 Å². The summed E-state index contributed by atoms with van der Waals surface area (Å²) in [5.74, 6) is 1.13. The van der Waals surface area contributed by atoms with Crippen molar-refractivity contribution in [3.05, 3.63) is 47.4 Å². The molecule has 0 aliphatic heterocycles. The molecular formula is C20H15N7OS2. The molecule has 3 N–H and O–H groups in total. The van der Waals surface area contributed by atoms with Crippen molar-refractivity contribution in [2.24, 2.45) is 0 Å². The molecule has 0 bridgehead atoms. The van der Waals surface area contributed by atoms with E-state index in [2.05, 4.69) is 23.1 Å². The van der Waals surface area contributed by atoms with Crippen molar-refractivity contribution in [3.8, 4) is 10.9 Å². The van der Waals surface area contributed by atoms with Crippen LogP contribution in [0.2, 0.25) is 0 Å². The molecule has 4 heterocycles. The molecular weight excluding hydrogens is 418 g/mol. The first-order valence-electron chi connectivity index (χ1n) is 9.13. The van der Waals surface area contributed by atoms with E-state index >= 15 is 0 Å². The molecule has 0 saturated heterocycles. The number of nitrogens with zero attached hydrogens (tertiary/aromatic N) is 5. The zero-order valence-electron chi connectivity index (χ0n) is 16.0. The lowest BCUT2D eigenvalue weighted by Crippen LogP contribution is -2.14. The highest BCUT2D eigenvalue weighted by Crippen LogP contribution is 2.31. The minimum Gasteiger partial charge on any atom is -0.497 e. The number of nitrogens with two attached hydrogens (primary N) is 1. The number of nitrogen functional groups attached to an aromatic ring is 1. The number of rotatable bonds is 2. The summed E-state index contributed by atoms with van der Waals surface area (Å²) in [5, 5.41) is 14.6. The van der Waals surface area contributed by atoms with Gasteiger partial charge >= 0.3 is 0 Å². The van der Waals surface area contributed by atoms with Gasteiger partial charge in [-0.15, -0.1) is 5.10 Å². The minimum atomic E-state index is 0.257. The van der Waals surface area contributed by atoms with E-state index in [4.69, 9.17) is 20.9 Å². The highest BCUT2D eigenvalue weighted by Gasteiger charge is 2.19. The van der Waals surface area contributed by atoms with Gasteiger partial charge in [-0.3, -0.25) is 9.81 Å². The van der Waals surface area contributed by atoms with Crippen LogP contribution in [0, 0.1) is 12.3 Å². The summed E-state index contributed by atoms with van der Waals surface area (Å²) >= 11 is 3.00. The Morgan fingerprint density at radius 1 is 1.07 bits per heavy atom. The number of benzene rings is 2. The number of nitrogens with one attached hydrogen (secondary N) is 1. The molecule has 0 saturated carbocycles. The Morgan fingerprint density at radius 2 is 1.93 bits per heavy atom.